The second-order valence-corrected chi connectivity index (χ2v) is 5.66. The summed E-state index contributed by atoms with van der Waals surface area (Å²) in [5.74, 6) is 0.736. The van der Waals surface area contributed by atoms with Crippen LogP contribution >= 0.6 is 0 Å². The van der Waals surface area contributed by atoms with Crippen molar-refractivity contribution in [2.24, 2.45) is 5.92 Å². The molecule has 0 aromatic rings. The quantitative estimate of drug-likeness (QED) is 0.661. The van der Waals surface area contributed by atoms with Gasteiger partial charge >= 0.3 is 0 Å². The second kappa shape index (κ2) is 7.93. The fourth-order valence-corrected chi connectivity index (χ4v) is 3.02. The highest BCUT2D eigenvalue weighted by Crippen LogP contribution is 2.22. The Bertz CT molecular complexity index is 308. The molecule has 2 unspecified atom stereocenters. The van der Waals surface area contributed by atoms with Crippen LogP contribution in [0.5, 0.6) is 0 Å². The van der Waals surface area contributed by atoms with E-state index in [1.54, 1.807) is 7.11 Å². The van der Waals surface area contributed by atoms with Crippen LogP contribution in [0, 0.1) is 5.92 Å². The topological polar surface area (TPSA) is 54.0 Å². The molecule has 2 saturated heterocycles. The fraction of sp³-hybridized carbons (Fsp3) is 0.929. The van der Waals surface area contributed by atoms with E-state index in [1.807, 2.05) is 4.90 Å². The normalized spacial score (nSPS) is 28.0. The fourth-order valence-electron chi connectivity index (χ4n) is 3.02. The van der Waals surface area contributed by atoms with Gasteiger partial charge in [-0.15, -0.1) is 0 Å². The number of ether oxygens (including phenoxy) is 2. The molecule has 0 aliphatic carbocycles. The highest BCUT2D eigenvalue weighted by molar-refractivity contribution is 5.78. The monoisotopic (exact) mass is 285 g/mol. The highest BCUT2D eigenvalue weighted by atomic mass is 16.5. The molecule has 116 valence electrons. The van der Waals surface area contributed by atoms with Gasteiger partial charge < -0.3 is 19.7 Å². The van der Waals surface area contributed by atoms with Crippen LogP contribution < -0.4 is 5.32 Å². The van der Waals surface area contributed by atoms with E-state index in [9.17, 15) is 4.79 Å². The first-order valence-corrected chi connectivity index (χ1v) is 7.51. The van der Waals surface area contributed by atoms with Crippen LogP contribution in [0.2, 0.25) is 0 Å². The summed E-state index contributed by atoms with van der Waals surface area (Å²) in [6.07, 6.45) is 0. The minimum atomic E-state index is 0.198. The summed E-state index contributed by atoms with van der Waals surface area (Å²) < 4.78 is 10.4. The average molecular weight is 285 g/mol. The molecule has 6 heteroatoms. The standard InChI is InChI=1S/C14H27N3O3/c1-12-10-17(14(18)9-15-3-6-19-2)11-13(12)16-4-7-20-8-5-16/h12-13,15H,3-11H2,1-2H3. The number of morpholine rings is 1. The summed E-state index contributed by atoms with van der Waals surface area (Å²) in [4.78, 5) is 16.6. The minimum Gasteiger partial charge on any atom is -0.383 e. The molecule has 2 rings (SSSR count). The van der Waals surface area contributed by atoms with E-state index in [1.165, 1.54) is 0 Å². The zero-order chi connectivity index (χ0) is 14.4. The SMILES string of the molecule is COCCNCC(=O)N1CC(C)C(N2CCOCC2)C1. The van der Waals surface area contributed by atoms with Crippen LogP contribution in [0.15, 0.2) is 0 Å². The molecule has 2 fully saturated rings. The van der Waals surface area contributed by atoms with Crippen molar-refractivity contribution in [1.29, 1.82) is 0 Å². The number of nitrogens with zero attached hydrogens (tertiary/aromatic N) is 2. The first-order chi connectivity index (χ1) is 9.72. The Labute approximate surface area is 121 Å². The van der Waals surface area contributed by atoms with E-state index in [2.05, 4.69) is 17.1 Å². The van der Waals surface area contributed by atoms with Gasteiger partial charge in [-0.3, -0.25) is 9.69 Å². The molecule has 2 aliphatic heterocycles. The maximum atomic E-state index is 12.2. The highest BCUT2D eigenvalue weighted by Gasteiger charge is 2.36. The number of methoxy groups -OCH3 is 1. The number of amides is 1. The van der Waals surface area contributed by atoms with Crippen LogP contribution in [-0.2, 0) is 14.3 Å². The predicted octanol–water partition coefficient (Wildman–Crippen LogP) is -0.598. The summed E-state index contributed by atoms with van der Waals surface area (Å²) >= 11 is 0. The average Bonchev–Trinajstić information content (AvgIpc) is 2.86. The Morgan fingerprint density at radius 1 is 1.35 bits per heavy atom. The molecule has 1 N–H and O–H groups in total. The number of rotatable bonds is 6. The molecule has 0 aromatic carbocycles. The van der Waals surface area contributed by atoms with Crippen LogP contribution in [0.4, 0.5) is 0 Å². The summed E-state index contributed by atoms with van der Waals surface area (Å²) in [6, 6.07) is 0.488. The smallest absolute Gasteiger partial charge is 0.236 e. The molecular formula is C14H27N3O3. The lowest BCUT2D eigenvalue weighted by molar-refractivity contribution is -0.129. The van der Waals surface area contributed by atoms with E-state index in [-0.39, 0.29) is 5.91 Å². The number of carbonyl (C=O) groups excluding carboxylic acids is 1. The van der Waals surface area contributed by atoms with Crippen LogP contribution in [0.1, 0.15) is 6.92 Å². The van der Waals surface area contributed by atoms with E-state index in [0.717, 1.165) is 45.9 Å². The van der Waals surface area contributed by atoms with Crippen LogP contribution in [-0.4, -0.2) is 87.9 Å². The lowest BCUT2D eigenvalue weighted by atomic mass is 10.0. The molecule has 2 aliphatic rings. The molecule has 0 radical (unpaired) electrons. The Morgan fingerprint density at radius 2 is 2.10 bits per heavy atom. The van der Waals surface area contributed by atoms with Crippen molar-refractivity contribution in [1.82, 2.24) is 15.1 Å². The van der Waals surface area contributed by atoms with Gasteiger partial charge in [0.25, 0.3) is 0 Å². The first kappa shape index (κ1) is 15.7. The summed E-state index contributed by atoms with van der Waals surface area (Å²) in [6.45, 7) is 9.34. The van der Waals surface area contributed by atoms with Gasteiger partial charge in [0, 0.05) is 45.9 Å². The Kier molecular flexibility index (Phi) is 6.22. The van der Waals surface area contributed by atoms with Crippen molar-refractivity contribution in [3.63, 3.8) is 0 Å². The van der Waals surface area contributed by atoms with Crippen molar-refractivity contribution in [3.8, 4) is 0 Å². The Hall–Kier alpha value is -0.690. The number of likely N-dealkylation sites (tertiary alicyclic amines) is 1. The number of carbonyl (C=O) groups is 1. The van der Waals surface area contributed by atoms with Gasteiger partial charge in [-0.2, -0.15) is 0 Å². The van der Waals surface area contributed by atoms with Crippen LogP contribution in [0.3, 0.4) is 0 Å². The summed E-state index contributed by atoms with van der Waals surface area (Å²) in [7, 11) is 1.67. The lowest BCUT2D eigenvalue weighted by Gasteiger charge is -2.34. The van der Waals surface area contributed by atoms with Crippen molar-refractivity contribution < 1.29 is 14.3 Å². The van der Waals surface area contributed by atoms with E-state index in [4.69, 9.17) is 9.47 Å². The summed E-state index contributed by atoms with van der Waals surface area (Å²) in [5, 5.41) is 3.12. The van der Waals surface area contributed by atoms with Gasteiger partial charge in [0.2, 0.25) is 5.91 Å². The van der Waals surface area contributed by atoms with Gasteiger partial charge in [-0.25, -0.2) is 0 Å². The molecule has 2 atom stereocenters. The van der Waals surface area contributed by atoms with Gasteiger partial charge in [0.1, 0.15) is 0 Å². The van der Waals surface area contributed by atoms with Gasteiger partial charge in [-0.05, 0) is 5.92 Å². The Morgan fingerprint density at radius 3 is 2.80 bits per heavy atom. The third-order valence-corrected chi connectivity index (χ3v) is 4.20. The van der Waals surface area contributed by atoms with E-state index in [0.29, 0.717) is 25.1 Å². The molecule has 6 nitrogen and oxygen atoms in total. The lowest BCUT2D eigenvalue weighted by Crippen LogP contribution is -2.47. The van der Waals surface area contributed by atoms with Crippen molar-refractivity contribution in [2.75, 3.05) is 66.2 Å². The first-order valence-electron chi connectivity index (χ1n) is 7.51. The predicted molar refractivity (Wildman–Crippen MR) is 76.7 cm³/mol. The van der Waals surface area contributed by atoms with E-state index >= 15 is 0 Å². The molecule has 1 amide bonds. The van der Waals surface area contributed by atoms with Crippen molar-refractivity contribution >= 4 is 5.91 Å². The molecular weight excluding hydrogens is 258 g/mol. The van der Waals surface area contributed by atoms with Gasteiger partial charge in [0.15, 0.2) is 0 Å². The van der Waals surface area contributed by atoms with Crippen molar-refractivity contribution in [3.05, 3.63) is 0 Å². The number of hydrogen-bond acceptors (Lipinski definition) is 5. The molecule has 20 heavy (non-hydrogen) atoms. The largest absolute Gasteiger partial charge is 0.383 e. The molecule has 0 aromatic heterocycles. The second-order valence-electron chi connectivity index (χ2n) is 5.66. The zero-order valence-electron chi connectivity index (χ0n) is 12.6. The van der Waals surface area contributed by atoms with Crippen LogP contribution in [0.25, 0.3) is 0 Å². The maximum absolute atomic E-state index is 12.2. The maximum Gasteiger partial charge on any atom is 0.236 e. The van der Waals surface area contributed by atoms with Crippen molar-refractivity contribution in [2.45, 2.75) is 13.0 Å². The van der Waals surface area contributed by atoms with Gasteiger partial charge in [-0.1, -0.05) is 6.92 Å². The molecule has 0 spiro atoms. The number of hydrogen-bond donors (Lipinski definition) is 1. The molecule has 0 bridgehead atoms. The van der Waals surface area contributed by atoms with E-state index < -0.39 is 0 Å². The Balaban J connectivity index is 1.75. The summed E-state index contributed by atoms with van der Waals surface area (Å²) in [5.41, 5.74) is 0. The van der Waals surface area contributed by atoms with Gasteiger partial charge in [0.05, 0.1) is 26.4 Å². The third-order valence-electron chi connectivity index (χ3n) is 4.20. The zero-order valence-corrected chi connectivity index (χ0v) is 12.6. The third kappa shape index (κ3) is 4.15. The minimum absolute atomic E-state index is 0.198. The molecule has 2 heterocycles. The number of nitrogens with one attached hydrogen (secondary N) is 1. The molecule has 0 saturated carbocycles.